The Balaban J connectivity index is 2.39. The van der Waals surface area contributed by atoms with E-state index < -0.39 is 0 Å². The van der Waals surface area contributed by atoms with Crippen molar-refractivity contribution < 1.29 is 0 Å². The minimum atomic E-state index is 0.418. The van der Waals surface area contributed by atoms with E-state index in [-0.39, 0.29) is 0 Å². The lowest BCUT2D eigenvalue weighted by Gasteiger charge is -2.04. The standard InChI is InChI=1S/C15H7ClN4/c16-13-6-5-9-7-10(8-17)15-18-11-3-1-2-4-12(11)20(15)14(9)19-13/h1-7H. The molecule has 1 aromatic carbocycles. The van der Waals surface area contributed by atoms with Crippen LogP contribution in [0.4, 0.5) is 0 Å². The molecule has 0 aliphatic rings. The third-order valence-corrected chi connectivity index (χ3v) is 3.52. The summed E-state index contributed by atoms with van der Waals surface area (Å²) in [6.07, 6.45) is 0. The van der Waals surface area contributed by atoms with Crippen molar-refractivity contribution >= 4 is 39.3 Å². The summed E-state index contributed by atoms with van der Waals surface area (Å²) in [5.41, 5.74) is 3.59. The maximum atomic E-state index is 9.33. The molecule has 4 nitrogen and oxygen atoms in total. The number of hydrogen-bond donors (Lipinski definition) is 0. The Morgan fingerprint density at radius 2 is 1.90 bits per heavy atom. The molecule has 0 spiro atoms. The minimum Gasteiger partial charge on any atom is -0.275 e. The smallest absolute Gasteiger partial charge is 0.157 e. The molecule has 4 aromatic rings. The highest BCUT2D eigenvalue weighted by Crippen LogP contribution is 2.25. The number of rotatable bonds is 0. The lowest BCUT2D eigenvalue weighted by Crippen LogP contribution is -1.94. The van der Waals surface area contributed by atoms with Crippen molar-refractivity contribution in [2.24, 2.45) is 0 Å². The highest BCUT2D eigenvalue weighted by atomic mass is 35.5. The number of nitrogens with zero attached hydrogens (tertiary/aromatic N) is 4. The zero-order valence-corrected chi connectivity index (χ0v) is 11.0. The lowest BCUT2D eigenvalue weighted by molar-refractivity contribution is 1.21. The topological polar surface area (TPSA) is 54.0 Å². The number of benzene rings is 1. The molecule has 20 heavy (non-hydrogen) atoms. The summed E-state index contributed by atoms with van der Waals surface area (Å²) in [5, 5.41) is 10.6. The van der Waals surface area contributed by atoms with Crippen LogP contribution in [-0.2, 0) is 0 Å². The molecule has 0 bridgehead atoms. The number of imidazole rings is 1. The fraction of sp³-hybridized carbons (Fsp3) is 0. The maximum Gasteiger partial charge on any atom is 0.157 e. The van der Waals surface area contributed by atoms with Crippen LogP contribution in [0.25, 0.3) is 27.7 Å². The molecule has 4 rings (SSSR count). The van der Waals surface area contributed by atoms with Gasteiger partial charge in [-0.05, 0) is 30.3 Å². The molecular formula is C15H7ClN4. The first-order valence-corrected chi connectivity index (χ1v) is 6.42. The molecule has 5 heteroatoms. The van der Waals surface area contributed by atoms with E-state index in [1.165, 1.54) is 0 Å². The van der Waals surface area contributed by atoms with Gasteiger partial charge in [0.2, 0.25) is 0 Å². The average Bonchev–Trinajstić information content (AvgIpc) is 2.86. The van der Waals surface area contributed by atoms with Crippen LogP contribution in [0.15, 0.2) is 42.5 Å². The number of para-hydroxylation sites is 2. The van der Waals surface area contributed by atoms with Gasteiger partial charge >= 0.3 is 0 Å². The second-order valence-corrected chi connectivity index (χ2v) is 4.86. The summed E-state index contributed by atoms with van der Waals surface area (Å²) in [7, 11) is 0. The normalized spacial score (nSPS) is 11.2. The van der Waals surface area contributed by atoms with E-state index in [1.54, 1.807) is 12.1 Å². The van der Waals surface area contributed by atoms with Gasteiger partial charge in [-0.3, -0.25) is 4.40 Å². The Kier molecular flexibility index (Phi) is 2.20. The molecule has 0 aliphatic heterocycles. The van der Waals surface area contributed by atoms with Crippen molar-refractivity contribution in [3.63, 3.8) is 0 Å². The van der Waals surface area contributed by atoms with E-state index in [4.69, 9.17) is 11.6 Å². The summed E-state index contributed by atoms with van der Waals surface area (Å²) in [4.78, 5) is 8.90. The Bertz CT molecular complexity index is 1030. The number of fused-ring (bicyclic) bond motifs is 5. The van der Waals surface area contributed by atoms with Gasteiger partial charge in [0.15, 0.2) is 5.65 Å². The lowest BCUT2D eigenvalue weighted by atomic mass is 10.2. The van der Waals surface area contributed by atoms with Crippen LogP contribution in [0.3, 0.4) is 0 Å². The molecule has 0 N–H and O–H groups in total. The van der Waals surface area contributed by atoms with Crippen molar-refractivity contribution in [3.8, 4) is 6.07 Å². The van der Waals surface area contributed by atoms with Gasteiger partial charge in [0, 0.05) is 5.39 Å². The molecule has 0 atom stereocenters. The van der Waals surface area contributed by atoms with Gasteiger partial charge in [-0.25, -0.2) is 9.97 Å². The van der Waals surface area contributed by atoms with Gasteiger partial charge in [0.1, 0.15) is 16.9 Å². The first kappa shape index (κ1) is 11.2. The van der Waals surface area contributed by atoms with Crippen LogP contribution in [0.1, 0.15) is 5.56 Å². The second-order valence-electron chi connectivity index (χ2n) is 4.48. The molecule has 0 amide bonds. The molecular weight excluding hydrogens is 272 g/mol. The van der Waals surface area contributed by atoms with Crippen molar-refractivity contribution in [1.82, 2.24) is 14.4 Å². The van der Waals surface area contributed by atoms with Gasteiger partial charge in [-0.1, -0.05) is 23.7 Å². The maximum absolute atomic E-state index is 9.33. The summed E-state index contributed by atoms with van der Waals surface area (Å²) in [5.74, 6) is 0. The van der Waals surface area contributed by atoms with Crippen molar-refractivity contribution in [1.29, 1.82) is 5.26 Å². The van der Waals surface area contributed by atoms with Gasteiger partial charge in [-0.15, -0.1) is 0 Å². The molecule has 3 aromatic heterocycles. The molecule has 0 aliphatic carbocycles. The quantitative estimate of drug-likeness (QED) is 0.462. The van der Waals surface area contributed by atoms with Gasteiger partial charge in [0.05, 0.1) is 16.6 Å². The van der Waals surface area contributed by atoms with Crippen LogP contribution in [-0.4, -0.2) is 14.4 Å². The SMILES string of the molecule is N#Cc1cc2ccc(Cl)nc2n2c1nc1ccccc12. The summed E-state index contributed by atoms with van der Waals surface area (Å²) < 4.78 is 1.88. The van der Waals surface area contributed by atoms with Gasteiger partial charge in [0.25, 0.3) is 0 Å². The average molecular weight is 279 g/mol. The third kappa shape index (κ3) is 1.41. The van der Waals surface area contributed by atoms with E-state index in [0.717, 1.165) is 16.4 Å². The molecule has 0 saturated carbocycles. The molecule has 3 heterocycles. The molecule has 0 saturated heterocycles. The molecule has 0 fully saturated rings. The van der Waals surface area contributed by atoms with Crippen molar-refractivity contribution in [2.45, 2.75) is 0 Å². The van der Waals surface area contributed by atoms with E-state index in [9.17, 15) is 5.26 Å². The van der Waals surface area contributed by atoms with E-state index >= 15 is 0 Å². The first-order valence-electron chi connectivity index (χ1n) is 6.04. The Hall–Kier alpha value is -2.64. The minimum absolute atomic E-state index is 0.418. The van der Waals surface area contributed by atoms with Crippen LogP contribution < -0.4 is 0 Å². The van der Waals surface area contributed by atoms with Crippen LogP contribution >= 0.6 is 11.6 Å². The van der Waals surface area contributed by atoms with Crippen LogP contribution in [0.5, 0.6) is 0 Å². The van der Waals surface area contributed by atoms with Gasteiger partial charge in [-0.2, -0.15) is 5.26 Å². The van der Waals surface area contributed by atoms with Crippen molar-refractivity contribution in [3.05, 3.63) is 53.2 Å². The monoisotopic (exact) mass is 278 g/mol. The highest BCUT2D eigenvalue weighted by molar-refractivity contribution is 6.29. The predicted molar refractivity (Wildman–Crippen MR) is 77.7 cm³/mol. The van der Waals surface area contributed by atoms with E-state index in [2.05, 4.69) is 16.0 Å². The third-order valence-electron chi connectivity index (χ3n) is 3.31. The zero-order chi connectivity index (χ0) is 13.7. The highest BCUT2D eigenvalue weighted by Gasteiger charge is 2.13. The molecule has 94 valence electrons. The molecule has 0 radical (unpaired) electrons. The Labute approximate surface area is 118 Å². The van der Waals surface area contributed by atoms with Crippen LogP contribution in [0, 0.1) is 11.3 Å². The summed E-state index contributed by atoms with van der Waals surface area (Å²) in [6, 6.07) is 15.3. The number of nitriles is 1. The zero-order valence-electron chi connectivity index (χ0n) is 10.2. The van der Waals surface area contributed by atoms with E-state index in [1.807, 2.05) is 34.7 Å². The fourth-order valence-corrected chi connectivity index (χ4v) is 2.59. The first-order chi connectivity index (χ1) is 9.78. The second kappa shape index (κ2) is 3.92. The van der Waals surface area contributed by atoms with Gasteiger partial charge < -0.3 is 0 Å². The number of pyridine rings is 2. The largest absolute Gasteiger partial charge is 0.275 e. The summed E-state index contributed by atoms with van der Waals surface area (Å²) >= 11 is 6.00. The predicted octanol–water partition coefficient (Wildman–Crippen LogP) is 3.56. The Morgan fingerprint density at radius 3 is 2.75 bits per heavy atom. The molecule has 0 unspecified atom stereocenters. The summed E-state index contributed by atoms with van der Waals surface area (Å²) in [6.45, 7) is 0. The number of halogens is 1. The van der Waals surface area contributed by atoms with Crippen LogP contribution in [0.2, 0.25) is 5.15 Å². The number of aromatic nitrogens is 3. The van der Waals surface area contributed by atoms with E-state index in [0.29, 0.717) is 22.0 Å². The Morgan fingerprint density at radius 1 is 1.05 bits per heavy atom. The number of hydrogen-bond acceptors (Lipinski definition) is 3. The van der Waals surface area contributed by atoms with Crippen molar-refractivity contribution in [2.75, 3.05) is 0 Å². The fourth-order valence-electron chi connectivity index (χ4n) is 2.45.